The molecule has 0 saturated heterocycles. The van der Waals surface area contributed by atoms with E-state index in [1.807, 2.05) is 13.0 Å². The highest BCUT2D eigenvalue weighted by Crippen LogP contribution is 2.25. The van der Waals surface area contributed by atoms with Crippen molar-refractivity contribution in [1.82, 2.24) is 4.98 Å². The highest BCUT2D eigenvalue weighted by molar-refractivity contribution is 7.98. The summed E-state index contributed by atoms with van der Waals surface area (Å²) in [5, 5.41) is 3.24. The van der Waals surface area contributed by atoms with Gasteiger partial charge in [-0.05, 0) is 37.3 Å². The van der Waals surface area contributed by atoms with Crippen molar-refractivity contribution in [3.8, 4) is 0 Å². The first-order valence-electron chi connectivity index (χ1n) is 5.85. The van der Waals surface area contributed by atoms with Crippen LogP contribution in [0.2, 0.25) is 0 Å². The summed E-state index contributed by atoms with van der Waals surface area (Å²) in [6, 6.07) is 10.5. The molecule has 1 aromatic carbocycles. The summed E-state index contributed by atoms with van der Waals surface area (Å²) in [6.45, 7) is 2.90. The molecular weight excluding hydrogens is 247 g/mol. The summed E-state index contributed by atoms with van der Waals surface area (Å²) in [7, 11) is 0. The van der Waals surface area contributed by atoms with Crippen LogP contribution in [0.1, 0.15) is 12.5 Å². The van der Waals surface area contributed by atoms with E-state index in [0.29, 0.717) is 0 Å². The van der Waals surface area contributed by atoms with Crippen LogP contribution in [0.5, 0.6) is 0 Å². The van der Waals surface area contributed by atoms with Crippen LogP contribution in [0.4, 0.5) is 10.2 Å². The first-order valence-corrected chi connectivity index (χ1v) is 6.84. The molecule has 1 aromatic heterocycles. The smallest absolute Gasteiger partial charge is 0.129 e. The molecule has 1 N–H and O–H groups in total. The topological polar surface area (TPSA) is 24.9 Å². The maximum absolute atomic E-state index is 12.8. The van der Waals surface area contributed by atoms with Crippen molar-refractivity contribution in [2.24, 2.45) is 0 Å². The number of thioether (sulfide) groups is 1. The Kier molecular flexibility index (Phi) is 4.59. The van der Waals surface area contributed by atoms with Crippen molar-refractivity contribution in [1.29, 1.82) is 0 Å². The minimum atomic E-state index is -0.200. The van der Waals surface area contributed by atoms with Gasteiger partial charge in [0.05, 0.1) is 0 Å². The minimum Gasteiger partial charge on any atom is -0.370 e. The third kappa shape index (κ3) is 3.47. The van der Waals surface area contributed by atoms with Crippen molar-refractivity contribution >= 4 is 17.6 Å². The van der Waals surface area contributed by atoms with E-state index in [1.54, 1.807) is 30.1 Å². The van der Waals surface area contributed by atoms with E-state index in [0.717, 1.165) is 28.6 Å². The molecule has 0 aliphatic heterocycles. The number of aromatic nitrogens is 1. The number of hydrogen-bond donors (Lipinski definition) is 1. The van der Waals surface area contributed by atoms with E-state index in [2.05, 4.69) is 16.4 Å². The lowest BCUT2D eigenvalue weighted by Gasteiger charge is -2.08. The molecule has 0 atom stereocenters. The van der Waals surface area contributed by atoms with Gasteiger partial charge >= 0.3 is 0 Å². The van der Waals surface area contributed by atoms with Gasteiger partial charge in [-0.15, -0.1) is 11.8 Å². The van der Waals surface area contributed by atoms with Crippen molar-refractivity contribution in [3.63, 3.8) is 0 Å². The monoisotopic (exact) mass is 262 g/mol. The van der Waals surface area contributed by atoms with E-state index >= 15 is 0 Å². The average molecular weight is 262 g/mol. The number of benzene rings is 1. The Morgan fingerprint density at radius 3 is 2.72 bits per heavy atom. The van der Waals surface area contributed by atoms with Crippen LogP contribution in [0.25, 0.3) is 0 Å². The predicted molar refractivity (Wildman–Crippen MR) is 74.4 cm³/mol. The number of rotatable bonds is 5. The van der Waals surface area contributed by atoms with Crippen LogP contribution in [0.15, 0.2) is 47.5 Å². The quantitative estimate of drug-likeness (QED) is 0.826. The van der Waals surface area contributed by atoms with E-state index in [9.17, 15) is 4.39 Å². The van der Waals surface area contributed by atoms with Crippen molar-refractivity contribution in [2.75, 3.05) is 11.9 Å². The summed E-state index contributed by atoms with van der Waals surface area (Å²) in [6.07, 6.45) is 1.78. The van der Waals surface area contributed by atoms with Crippen molar-refractivity contribution in [3.05, 3.63) is 54.0 Å². The van der Waals surface area contributed by atoms with E-state index in [4.69, 9.17) is 0 Å². The molecule has 0 aliphatic rings. The molecule has 0 amide bonds. The summed E-state index contributed by atoms with van der Waals surface area (Å²) in [5.41, 5.74) is 1.16. The second-order valence-electron chi connectivity index (χ2n) is 3.78. The van der Waals surface area contributed by atoms with Crippen molar-refractivity contribution in [2.45, 2.75) is 17.6 Å². The van der Waals surface area contributed by atoms with Gasteiger partial charge in [0.1, 0.15) is 11.6 Å². The molecule has 94 valence electrons. The zero-order valence-corrected chi connectivity index (χ0v) is 11.0. The van der Waals surface area contributed by atoms with Gasteiger partial charge in [0.15, 0.2) is 0 Å². The SMILES string of the molecule is CCNc1ncccc1CSc1ccc(F)cc1. The van der Waals surface area contributed by atoms with Crippen LogP contribution in [0.3, 0.4) is 0 Å². The molecule has 2 aromatic rings. The van der Waals surface area contributed by atoms with Crippen LogP contribution < -0.4 is 5.32 Å². The Balaban J connectivity index is 2.03. The standard InChI is InChI=1S/C14H15FN2S/c1-2-16-14-11(4-3-9-17-14)10-18-13-7-5-12(15)6-8-13/h3-9H,2,10H2,1H3,(H,16,17). The fourth-order valence-electron chi connectivity index (χ4n) is 1.57. The lowest BCUT2D eigenvalue weighted by atomic mass is 10.3. The highest BCUT2D eigenvalue weighted by Gasteiger charge is 2.03. The van der Waals surface area contributed by atoms with Gasteiger partial charge in [-0.1, -0.05) is 6.07 Å². The Morgan fingerprint density at radius 2 is 2.00 bits per heavy atom. The van der Waals surface area contributed by atoms with E-state index < -0.39 is 0 Å². The van der Waals surface area contributed by atoms with Crippen LogP contribution >= 0.6 is 11.8 Å². The van der Waals surface area contributed by atoms with Gasteiger partial charge in [-0.2, -0.15) is 0 Å². The van der Waals surface area contributed by atoms with Gasteiger partial charge in [-0.3, -0.25) is 0 Å². The van der Waals surface area contributed by atoms with Gasteiger partial charge < -0.3 is 5.32 Å². The molecule has 0 bridgehead atoms. The molecule has 0 radical (unpaired) electrons. The molecular formula is C14H15FN2S. The molecule has 2 rings (SSSR count). The molecule has 18 heavy (non-hydrogen) atoms. The Labute approximate surface area is 111 Å². The van der Waals surface area contributed by atoms with Gasteiger partial charge in [0, 0.05) is 29.0 Å². The summed E-state index contributed by atoms with van der Waals surface area (Å²) in [5.74, 6) is 1.55. The zero-order valence-electron chi connectivity index (χ0n) is 10.2. The second kappa shape index (κ2) is 6.40. The zero-order chi connectivity index (χ0) is 12.8. The molecule has 1 heterocycles. The van der Waals surface area contributed by atoms with Gasteiger partial charge in [0.2, 0.25) is 0 Å². The molecule has 0 unspecified atom stereocenters. The Bertz CT molecular complexity index is 499. The van der Waals surface area contributed by atoms with Crippen LogP contribution in [-0.4, -0.2) is 11.5 Å². The summed E-state index contributed by atoms with van der Waals surface area (Å²) < 4.78 is 12.8. The third-order valence-electron chi connectivity index (χ3n) is 2.44. The third-order valence-corrected chi connectivity index (χ3v) is 3.50. The number of pyridine rings is 1. The molecule has 4 heteroatoms. The molecule has 2 nitrogen and oxygen atoms in total. The summed E-state index contributed by atoms with van der Waals surface area (Å²) in [4.78, 5) is 5.37. The molecule has 0 aliphatic carbocycles. The van der Waals surface area contributed by atoms with Crippen molar-refractivity contribution < 1.29 is 4.39 Å². The number of anilines is 1. The van der Waals surface area contributed by atoms with Crippen LogP contribution in [-0.2, 0) is 5.75 Å². The number of halogens is 1. The Hall–Kier alpha value is -1.55. The maximum Gasteiger partial charge on any atom is 0.129 e. The Morgan fingerprint density at radius 1 is 1.22 bits per heavy atom. The lowest BCUT2D eigenvalue weighted by Crippen LogP contribution is -2.02. The van der Waals surface area contributed by atoms with E-state index in [-0.39, 0.29) is 5.82 Å². The predicted octanol–water partition coefficient (Wildman–Crippen LogP) is 3.94. The fourth-order valence-corrected chi connectivity index (χ4v) is 2.46. The second-order valence-corrected chi connectivity index (χ2v) is 4.83. The molecule has 0 spiro atoms. The average Bonchev–Trinajstić information content (AvgIpc) is 2.40. The first-order chi connectivity index (χ1) is 8.79. The van der Waals surface area contributed by atoms with Crippen LogP contribution in [0, 0.1) is 5.82 Å². The molecule has 0 fully saturated rings. The van der Waals surface area contributed by atoms with Gasteiger partial charge in [-0.25, -0.2) is 9.37 Å². The normalized spacial score (nSPS) is 10.3. The maximum atomic E-state index is 12.8. The largest absolute Gasteiger partial charge is 0.370 e. The number of nitrogens with one attached hydrogen (secondary N) is 1. The first kappa shape index (κ1) is 12.9. The number of hydrogen-bond acceptors (Lipinski definition) is 3. The highest BCUT2D eigenvalue weighted by atomic mass is 32.2. The molecule has 0 saturated carbocycles. The lowest BCUT2D eigenvalue weighted by molar-refractivity contribution is 0.626. The number of nitrogens with zero attached hydrogens (tertiary/aromatic N) is 1. The van der Waals surface area contributed by atoms with E-state index in [1.165, 1.54) is 12.1 Å². The minimum absolute atomic E-state index is 0.200. The van der Waals surface area contributed by atoms with Gasteiger partial charge in [0.25, 0.3) is 0 Å². The summed E-state index contributed by atoms with van der Waals surface area (Å²) >= 11 is 1.68. The fraction of sp³-hybridized carbons (Fsp3) is 0.214.